The summed E-state index contributed by atoms with van der Waals surface area (Å²) in [6.45, 7) is 2.15. The molecule has 0 spiro atoms. The fraction of sp³-hybridized carbons (Fsp3) is 0.455. The normalized spacial score (nSPS) is 9.86. The van der Waals surface area contributed by atoms with Crippen LogP contribution in [0, 0.1) is 0 Å². The Labute approximate surface area is 84.1 Å². The molecular weight excluding hydrogens is 178 g/mol. The number of hydrogen-bond acceptors (Lipinski definition) is 3. The molecule has 0 bridgehead atoms. The molecule has 3 nitrogen and oxygen atoms in total. The van der Waals surface area contributed by atoms with Gasteiger partial charge in [0.2, 0.25) is 0 Å². The largest absolute Gasteiger partial charge is 0.464 e. The number of aromatic nitrogens is 1. The number of hydrogen-bond donors (Lipinski definition) is 0. The van der Waals surface area contributed by atoms with Gasteiger partial charge in [-0.15, -0.1) is 0 Å². The Morgan fingerprint density at radius 3 is 2.79 bits per heavy atom. The van der Waals surface area contributed by atoms with Crippen molar-refractivity contribution in [3.05, 3.63) is 29.6 Å². The highest BCUT2D eigenvalue weighted by Crippen LogP contribution is 2.05. The van der Waals surface area contributed by atoms with Crippen molar-refractivity contribution in [2.45, 2.75) is 26.2 Å². The Morgan fingerprint density at radius 2 is 2.29 bits per heavy atom. The molecule has 0 N–H and O–H groups in total. The number of aryl methyl sites for hydroxylation is 1. The number of esters is 1. The van der Waals surface area contributed by atoms with Gasteiger partial charge in [-0.25, -0.2) is 9.78 Å². The van der Waals surface area contributed by atoms with Crippen molar-refractivity contribution in [1.82, 2.24) is 4.98 Å². The predicted molar refractivity (Wildman–Crippen MR) is 54.2 cm³/mol. The van der Waals surface area contributed by atoms with Crippen LogP contribution < -0.4 is 0 Å². The highest BCUT2D eigenvalue weighted by atomic mass is 16.5. The summed E-state index contributed by atoms with van der Waals surface area (Å²) in [7, 11) is 1.36. The summed E-state index contributed by atoms with van der Waals surface area (Å²) >= 11 is 0. The number of rotatable bonds is 4. The van der Waals surface area contributed by atoms with E-state index in [1.165, 1.54) is 19.1 Å². The first-order chi connectivity index (χ1) is 6.77. The molecule has 1 aromatic heterocycles. The molecule has 1 aromatic rings. The van der Waals surface area contributed by atoms with Crippen LogP contribution in [0.1, 0.15) is 35.8 Å². The fourth-order valence-electron chi connectivity index (χ4n) is 1.18. The second-order valence-corrected chi connectivity index (χ2v) is 3.15. The number of methoxy groups -OCH3 is 1. The molecule has 0 aliphatic rings. The molecule has 76 valence electrons. The van der Waals surface area contributed by atoms with Crippen LogP contribution in [-0.4, -0.2) is 18.1 Å². The molecule has 0 atom stereocenters. The van der Waals surface area contributed by atoms with Crippen molar-refractivity contribution in [2.24, 2.45) is 0 Å². The average molecular weight is 193 g/mol. The van der Waals surface area contributed by atoms with E-state index in [1.807, 2.05) is 6.07 Å². The van der Waals surface area contributed by atoms with Crippen LogP contribution >= 0.6 is 0 Å². The zero-order valence-corrected chi connectivity index (χ0v) is 8.62. The fourth-order valence-corrected chi connectivity index (χ4v) is 1.18. The minimum Gasteiger partial charge on any atom is -0.464 e. The van der Waals surface area contributed by atoms with Crippen molar-refractivity contribution in [2.75, 3.05) is 7.11 Å². The molecule has 0 unspecified atom stereocenters. The van der Waals surface area contributed by atoms with Crippen LogP contribution in [0.2, 0.25) is 0 Å². The third kappa shape index (κ3) is 2.83. The maximum atomic E-state index is 11.1. The van der Waals surface area contributed by atoms with Crippen LogP contribution in [0.15, 0.2) is 18.3 Å². The number of nitrogens with zero attached hydrogens (tertiary/aromatic N) is 1. The topological polar surface area (TPSA) is 39.2 Å². The summed E-state index contributed by atoms with van der Waals surface area (Å²) in [6, 6.07) is 3.63. The third-order valence-corrected chi connectivity index (χ3v) is 2.04. The lowest BCUT2D eigenvalue weighted by atomic mass is 10.1. The van der Waals surface area contributed by atoms with E-state index in [2.05, 4.69) is 16.6 Å². The first kappa shape index (κ1) is 10.7. The zero-order valence-electron chi connectivity index (χ0n) is 8.62. The molecular formula is C11H15NO2. The van der Waals surface area contributed by atoms with E-state index in [4.69, 9.17) is 0 Å². The van der Waals surface area contributed by atoms with Gasteiger partial charge in [-0.1, -0.05) is 19.4 Å². The standard InChI is InChI=1S/C11H15NO2/c1-3-4-5-9-6-7-10(12-8-9)11(13)14-2/h6-8H,3-5H2,1-2H3. The number of carbonyl (C=O) groups excluding carboxylic acids is 1. The average Bonchev–Trinajstić information content (AvgIpc) is 2.26. The van der Waals surface area contributed by atoms with Gasteiger partial charge in [0.05, 0.1) is 7.11 Å². The molecule has 3 heteroatoms. The molecule has 0 aliphatic carbocycles. The van der Waals surface area contributed by atoms with Crippen molar-refractivity contribution in [3.63, 3.8) is 0 Å². The molecule has 0 amide bonds. The van der Waals surface area contributed by atoms with Gasteiger partial charge in [0.25, 0.3) is 0 Å². The second kappa shape index (κ2) is 5.37. The first-order valence-corrected chi connectivity index (χ1v) is 4.81. The van der Waals surface area contributed by atoms with Gasteiger partial charge in [0.1, 0.15) is 5.69 Å². The van der Waals surface area contributed by atoms with Gasteiger partial charge < -0.3 is 4.74 Å². The van der Waals surface area contributed by atoms with Gasteiger partial charge >= 0.3 is 5.97 Å². The van der Waals surface area contributed by atoms with Gasteiger partial charge in [-0.2, -0.15) is 0 Å². The molecule has 1 rings (SSSR count). The van der Waals surface area contributed by atoms with Gasteiger partial charge in [-0.3, -0.25) is 0 Å². The van der Waals surface area contributed by atoms with Gasteiger partial charge in [-0.05, 0) is 24.5 Å². The van der Waals surface area contributed by atoms with Crippen molar-refractivity contribution in [3.8, 4) is 0 Å². The molecule has 0 radical (unpaired) electrons. The summed E-state index contributed by atoms with van der Waals surface area (Å²) in [5.74, 6) is -0.382. The zero-order chi connectivity index (χ0) is 10.4. The minimum atomic E-state index is -0.382. The minimum absolute atomic E-state index is 0.368. The number of carbonyl (C=O) groups is 1. The molecule has 1 heterocycles. The van der Waals surface area contributed by atoms with E-state index in [0.29, 0.717) is 5.69 Å². The number of ether oxygens (including phenoxy) is 1. The molecule has 0 fully saturated rings. The molecule has 0 aliphatic heterocycles. The van der Waals surface area contributed by atoms with E-state index in [-0.39, 0.29) is 5.97 Å². The molecule has 14 heavy (non-hydrogen) atoms. The Morgan fingerprint density at radius 1 is 1.50 bits per heavy atom. The van der Waals surface area contributed by atoms with Crippen molar-refractivity contribution < 1.29 is 9.53 Å². The third-order valence-electron chi connectivity index (χ3n) is 2.04. The van der Waals surface area contributed by atoms with Crippen LogP contribution in [0.3, 0.4) is 0 Å². The quantitative estimate of drug-likeness (QED) is 0.688. The van der Waals surface area contributed by atoms with E-state index in [9.17, 15) is 4.79 Å². The molecule has 0 saturated carbocycles. The SMILES string of the molecule is CCCCc1ccc(C(=O)OC)nc1. The maximum absolute atomic E-state index is 11.1. The summed E-state index contributed by atoms with van der Waals surface area (Å²) in [5, 5.41) is 0. The van der Waals surface area contributed by atoms with Gasteiger partial charge in [0, 0.05) is 6.20 Å². The van der Waals surface area contributed by atoms with Crippen molar-refractivity contribution >= 4 is 5.97 Å². The lowest BCUT2D eigenvalue weighted by molar-refractivity contribution is 0.0594. The highest BCUT2D eigenvalue weighted by Gasteiger charge is 2.05. The predicted octanol–water partition coefficient (Wildman–Crippen LogP) is 2.21. The van der Waals surface area contributed by atoms with E-state index in [0.717, 1.165) is 12.8 Å². The Kier molecular flexibility index (Phi) is 4.11. The van der Waals surface area contributed by atoms with Crippen molar-refractivity contribution in [1.29, 1.82) is 0 Å². The summed E-state index contributed by atoms with van der Waals surface area (Å²) < 4.78 is 4.56. The van der Waals surface area contributed by atoms with Crippen LogP contribution in [-0.2, 0) is 11.2 Å². The number of pyridine rings is 1. The second-order valence-electron chi connectivity index (χ2n) is 3.15. The highest BCUT2D eigenvalue weighted by molar-refractivity contribution is 5.86. The first-order valence-electron chi connectivity index (χ1n) is 4.81. The Bertz CT molecular complexity index is 293. The molecule has 0 aromatic carbocycles. The maximum Gasteiger partial charge on any atom is 0.356 e. The smallest absolute Gasteiger partial charge is 0.356 e. The lowest BCUT2D eigenvalue weighted by Gasteiger charge is -2.00. The van der Waals surface area contributed by atoms with Crippen LogP contribution in [0.25, 0.3) is 0 Å². The number of unbranched alkanes of at least 4 members (excludes halogenated alkanes) is 1. The van der Waals surface area contributed by atoms with Crippen LogP contribution in [0.4, 0.5) is 0 Å². The summed E-state index contributed by atoms with van der Waals surface area (Å²) in [5.41, 5.74) is 1.53. The molecule has 0 saturated heterocycles. The summed E-state index contributed by atoms with van der Waals surface area (Å²) in [4.78, 5) is 15.1. The van der Waals surface area contributed by atoms with E-state index in [1.54, 1.807) is 12.3 Å². The monoisotopic (exact) mass is 193 g/mol. The van der Waals surface area contributed by atoms with E-state index >= 15 is 0 Å². The Balaban J connectivity index is 2.63. The van der Waals surface area contributed by atoms with Gasteiger partial charge in [0.15, 0.2) is 0 Å². The Hall–Kier alpha value is -1.38. The van der Waals surface area contributed by atoms with E-state index < -0.39 is 0 Å². The lowest BCUT2D eigenvalue weighted by Crippen LogP contribution is -2.04. The van der Waals surface area contributed by atoms with Crippen LogP contribution in [0.5, 0.6) is 0 Å². The summed E-state index contributed by atoms with van der Waals surface area (Å²) in [6.07, 6.45) is 5.07.